The molecule has 0 aliphatic carbocycles. The number of unbranched alkanes of at least 4 members (excludes halogenated alkanes) is 1. The third-order valence-electron chi connectivity index (χ3n) is 3.07. The zero-order valence-electron chi connectivity index (χ0n) is 15.3. The maximum absolute atomic E-state index is 12.4. The van der Waals surface area contributed by atoms with Gasteiger partial charge in [0, 0.05) is 12.0 Å². The molecule has 0 bridgehead atoms. The molecule has 3 N–H and O–H groups in total. The Morgan fingerprint density at radius 2 is 1.61 bits per heavy atom. The third kappa shape index (κ3) is 7.97. The fourth-order valence-electron chi connectivity index (χ4n) is 1.85. The van der Waals surface area contributed by atoms with Gasteiger partial charge >= 0.3 is 6.03 Å². The molecule has 0 radical (unpaired) electrons. The highest BCUT2D eigenvalue weighted by Crippen LogP contribution is 2.20. The Hall–Kier alpha value is -1.63. The average Bonchev–Trinajstić information content (AvgIpc) is 2.37. The van der Waals surface area contributed by atoms with Crippen LogP contribution in [0.25, 0.3) is 0 Å². The lowest BCUT2D eigenvalue weighted by molar-refractivity contribution is -0.153. The molecule has 0 aromatic rings. The van der Waals surface area contributed by atoms with E-state index >= 15 is 0 Å². The van der Waals surface area contributed by atoms with Gasteiger partial charge in [-0.05, 0) is 32.6 Å². The number of nitrogens with zero attached hydrogens (tertiary/aromatic N) is 1. The second-order valence-electron chi connectivity index (χ2n) is 7.80. The van der Waals surface area contributed by atoms with Crippen molar-refractivity contribution in [3.05, 3.63) is 0 Å². The van der Waals surface area contributed by atoms with Gasteiger partial charge in [-0.15, -0.1) is 5.06 Å². The summed E-state index contributed by atoms with van der Waals surface area (Å²) in [5.74, 6) is -1.05. The lowest BCUT2D eigenvalue weighted by Gasteiger charge is -2.33. The lowest BCUT2D eigenvalue weighted by atomic mass is 9.85. The van der Waals surface area contributed by atoms with Crippen LogP contribution in [0.3, 0.4) is 0 Å². The summed E-state index contributed by atoms with van der Waals surface area (Å²) in [6.45, 7) is 12.8. The molecule has 1 unspecified atom stereocenters. The number of carbonyl (C=O) groups excluding carboxylic acids is 3. The molecule has 0 rings (SSSR count). The highest BCUT2D eigenvalue weighted by molar-refractivity contribution is 5.95. The molecule has 7 heteroatoms. The van der Waals surface area contributed by atoms with Gasteiger partial charge in [-0.25, -0.2) is 4.79 Å². The first-order chi connectivity index (χ1) is 10.3. The first-order valence-corrected chi connectivity index (χ1v) is 7.94. The number of urea groups is 1. The minimum Gasteiger partial charge on any atom is -0.350 e. The molecule has 0 aromatic heterocycles. The average molecular weight is 329 g/mol. The summed E-state index contributed by atoms with van der Waals surface area (Å²) in [5.41, 5.74) is -1.04. The van der Waals surface area contributed by atoms with Gasteiger partial charge in [-0.1, -0.05) is 34.1 Å². The van der Waals surface area contributed by atoms with Crippen LogP contribution in [0.5, 0.6) is 0 Å². The molecule has 0 saturated heterocycles. The van der Waals surface area contributed by atoms with E-state index in [1.54, 1.807) is 20.8 Å². The number of nitrogens with one attached hydrogen (secondary N) is 2. The summed E-state index contributed by atoms with van der Waals surface area (Å²) in [7, 11) is 0. The molecule has 1 atom stereocenters. The first-order valence-electron chi connectivity index (χ1n) is 7.94. The Morgan fingerprint density at radius 3 is 2.00 bits per heavy atom. The fourth-order valence-corrected chi connectivity index (χ4v) is 1.85. The van der Waals surface area contributed by atoms with E-state index in [1.807, 2.05) is 27.7 Å². The SMILES string of the molecule is CCCCC(=O)N(O)C(=O)NC(C(=O)NC(C)(C)C)C(C)(C)C. The maximum Gasteiger partial charge on any atom is 0.349 e. The number of hydroxylamine groups is 2. The maximum atomic E-state index is 12.4. The van der Waals surface area contributed by atoms with Crippen molar-refractivity contribution in [3.8, 4) is 0 Å². The van der Waals surface area contributed by atoms with Crippen LogP contribution in [0, 0.1) is 5.41 Å². The monoisotopic (exact) mass is 329 g/mol. The van der Waals surface area contributed by atoms with Crippen LogP contribution < -0.4 is 10.6 Å². The van der Waals surface area contributed by atoms with Gasteiger partial charge in [-0.3, -0.25) is 14.8 Å². The Bertz CT molecular complexity index is 436. The number of carbonyl (C=O) groups is 3. The fraction of sp³-hybridized carbons (Fsp3) is 0.812. The molecule has 0 spiro atoms. The lowest BCUT2D eigenvalue weighted by Crippen LogP contribution is -2.59. The number of imide groups is 1. The molecule has 4 amide bonds. The van der Waals surface area contributed by atoms with Gasteiger partial charge in [0.15, 0.2) is 0 Å². The predicted molar refractivity (Wildman–Crippen MR) is 87.8 cm³/mol. The topological polar surface area (TPSA) is 98.7 Å². The van der Waals surface area contributed by atoms with Crippen molar-refractivity contribution in [2.45, 2.75) is 79.3 Å². The van der Waals surface area contributed by atoms with Crippen molar-refractivity contribution >= 4 is 17.8 Å². The zero-order chi connectivity index (χ0) is 18.4. The van der Waals surface area contributed by atoms with Gasteiger partial charge in [0.25, 0.3) is 5.91 Å². The summed E-state index contributed by atoms with van der Waals surface area (Å²) in [5, 5.41) is 15.0. The second-order valence-corrected chi connectivity index (χ2v) is 7.80. The third-order valence-corrected chi connectivity index (χ3v) is 3.07. The van der Waals surface area contributed by atoms with Gasteiger partial charge in [0.1, 0.15) is 6.04 Å². The van der Waals surface area contributed by atoms with E-state index in [4.69, 9.17) is 0 Å². The van der Waals surface area contributed by atoms with E-state index in [9.17, 15) is 19.6 Å². The van der Waals surface area contributed by atoms with Crippen molar-refractivity contribution in [2.24, 2.45) is 5.41 Å². The smallest absolute Gasteiger partial charge is 0.349 e. The molecule has 134 valence electrons. The molecular weight excluding hydrogens is 298 g/mol. The normalized spacial score (nSPS) is 13.2. The zero-order valence-corrected chi connectivity index (χ0v) is 15.3. The first kappa shape index (κ1) is 21.4. The van der Waals surface area contributed by atoms with Crippen LogP contribution in [0.4, 0.5) is 4.79 Å². The van der Waals surface area contributed by atoms with Crippen molar-refractivity contribution in [2.75, 3.05) is 0 Å². The molecule has 0 aliphatic rings. The minimum atomic E-state index is -0.991. The highest BCUT2D eigenvalue weighted by atomic mass is 16.5. The van der Waals surface area contributed by atoms with Crippen LogP contribution in [-0.4, -0.2) is 39.7 Å². The quantitative estimate of drug-likeness (QED) is 0.533. The Morgan fingerprint density at radius 1 is 1.09 bits per heavy atom. The molecule has 0 aliphatic heterocycles. The number of rotatable bonds is 5. The van der Waals surface area contributed by atoms with Crippen molar-refractivity contribution in [3.63, 3.8) is 0 Å². The van der Waals surface area contributed by atoms with E-state index < -0.39 is 28.9 Å². The summed E-state index contributed by atoms with van der Waals surface area (Å²) in [6.07, 6.45) is 1.44. The molecule has 0 aromatic carbocycles. The van der Waals surface area contributed by atoms with E-state index in [1.165, 1.54) is 0 Å². The Kier molecular flexibility index (Phi) is 7.70. The Balaban J connectivity index is 5.01. The van der Waals surface area contributed by atoms with Crippen LogP contribution in [0.1, 0.15) is 67.7 Å². The summed E-state index contributed by atoms with van der Waals surface area (Å²) in [4.78, 5) is 36.1. The largest absolute Gasteiger partial charge is 0.350 e. The minimum absolute atomic E-state index is 0.0543. The van der Waals surface area contributed by atoms with Crippen LogP contribution in [0.2, 0.25) is 0 Å². The van der Waals surface area contributed by atoms with E-state index in [2.05, 4.69) is 10.6 Å². The summed E-state index contributed by atoms with van der Waals surface area (Å²) >= 11 is 0. The predicted octanol–water partition coefficient (Wildman–Crippen LogP) is 2.43. The van der Waals surface area contributed by atoms with Gasteiger partial charge in [-0.2, -0.15) is 0 Å². The summed E-state index contributed by atoms with van der Waals surface area (Å²) < 4.78 is 0. The van der Waals surface area contributed by atoms with Gasteiger partial charge < -0.3 is 10.6 Å². The number of hydrogen-bond donors (Lipinski definition) is 3. The van der Waals surface area contributed by atoms with E-state index in [0.29, 0.717) is 6.42 Å². The standard InChI is InChI=1S/C16H31N3O4/c1-8-9-10-11(20)19(23)14(22)17-12(15(2,3)4)13(21)18-16(5,6)7/h12,23H,8-10H2,1-7H3,(H,17,22)(H,18,21). The molecule has 7 nitrogen and oxygen atoms in total. The molecule has 0 fully saturated rings. The van der Waals surface area contributed by atoms with Crippen LogP contribution >= 0.6 is 0 Å². The van der Waals surface area contributed by atoms with Crippen LogP contribution in [-0.2, 0) is 9.59 Å². The number of hydrogen-bond acceptors (Lipinski definition) is 4. The second kappa shape index (κ2) is 8.29. The van der Waals surface area contributed by atoms with E-state index in [0.717, 1.165) is 6.42 Å². The number of amides is 4. The molecular formula is C16H31N3O4. The highest BCUT2D eigenvalue weighted by Gasteiger charge is 2.36. The van der Waals surface area contributed by atoms with Crippen molar-refractivity contribution in [1.82, 2.24) is 15.7 Å². The van der Waals surface area contributed by atoms with Gasteiger partial charge in [0.05, 0.1) is 0 Å². The molecule has 0 saturated carbocycles. The van der Waals surface area contributed by atoms with Crippen molar-refractivity contribution in [1.29, 1.82) is 0 Å². The van der Waals surface area contributed by atoms with Crippen LogP contribution in [0.15, 0.2) is 0 Å². The van der Waals surface area contributed by atoms with Crippen molar-refractivity contribution < 1.29 is 19.6 Å². The molecule has 23 heavy (non-hydrogen) atoms. The van der Waals surface area contributed by atoms with E-state index in [-0.39, 0.29) is 17.4 Å². The van der Waals surface area contributed by atoms with Gasteiger partial charge in [0.2, 0.25) is 5.91 Å². The summed E-state index contributed by atoms with van der Waals surface area (Å²) in [6, 6.07) is -1.88. The Labute approximate surface area is 138 Å². The molecule has 0 heterocycles.